The number of aromatic nitrogens is 2. The topological polar surface area (TPSA) is 77.7 Å². The standard InChI is InChI=1S/C16H25N3O4/c1-11-4-3-5-13(8-11)22-10-15(20)19-6-7-21-9-14(19)16-18-17-12(2)23-16/h11,13-14H,3-10H2,1-2H3/t11-,13-,14+/m1/s1. The third-order valence-electron chi connectivity index (χ3n) is 4.61. The van der Waals surface area contributed by atoms with E-state index in [1.807, 2.05) is 0 Å². The number of rotatable bonds is 4. The van der Waals surface area contributed by atoms with Crippen molar-refractivity contribution in [2.24, 2.45) is 5.92 Å². The molecule has 7 nitrogen and oxygen atoms in total. The number of morpholine rings is 1. The molecule has 1 aromatic heterocycles. The van der Waals surface area contributed by atoms with E-state index in [2.05, 4.69) is 17.1 Å². The van der Waals surface area contributed by atoms with Crippen LogP contribution in [0.1, 0.15) is 50.4 Å². The van der Waals surface area contributed by atoms with Crippen molar-refractivity contribution >= 4 is 5.91 Å². The Hall–Kier alpha value is -1.47. The fourth-order valence-electron chi connectivity index (χ4n) is 3.36. The molecule has 0 spiro atoms. The van der Waals surface area contributed by atoms with E-state index in [0.717, 1.165) is 12.8 Å². The lowest BCUT2D eigenvalue weighted by Crippen LogP contribution is -2.45. The highest BCUT2D eigenvalue weighted by Gasteiger charge is 2.33. The minimum absolute atomic E-state index is 0.0348. The van der Waals surface area contributed by atoms with E-state index >= 15 is 0 Å². The average Bonchev–Trinajstić information content (AvgIpc) is 2.99. The van der Waals surface area contributed by atoms with Gasteiger partial charge in [0.1, 0.15) is 12.6 Å². The molecule has 1 saturated heterocycles. The van der Waals surface area contributed by atoms with Crippen LogP contribution >= 0.6 is 0 Å². The van der Waals surface area contributed by atoms with Crippen LogP contribution in [0.4, 0.5) is 0 Å². The molecule has 0 N–H and O–H groups in total. The number of ether oxygens (including phenoxy) is 2. The van der Waals surface area contributed by atoms with Crippen molar-refractivity contribution < 1.29 is 18.7 Å². The summed E-state index contributed by atoms with van der Waals surface area (Å²) in [5.74, 6) is 1.57. The minimum Gasteiger partial charge on any atom is -0.423 e. The van der Waals surface area contributed by atoms with Crippen molar-refractivity contribution in [1.29, 1.82) is 0 Å². The van der Waals surface area contributed by atoms with Gasteiger partial charge in [-0.3, -0.25) is 4.79 Å². The number of aryl methyl sites for hydroxylation is 1. The third-order valence-corrected chi connectivity index (χ3v) is 4.61. The summed E-state index contributed by atoms with van der Waals surface area (Å²) in [5.41, 5.74) is 0. The molecule has 23 heavy (non-hydrogen) atoms. The maximum Gasteiger partial charge on any atom is 0.249 e. The molecule has 0 unspecified atom stereocenters. The second-order valence-electron chi connectivity index (χ2n) is 6.54. The van der Waals surface area contributed by atoms with Gasteiger partial charge in [0.05, 0.1) is 19.3 Å². The molecular weight excluding hydrogens is 298 g/mol. The number of nitrogens with zero attached hydrogens (tertiary/aromatic N) is 3. The van der Waals surface area contributed by atoms with Crippen LogP contribution < -0.4 is 0 Å². The molecule has 1 amide bonds. The lowest BCUT2D eigenvalue weighted by atomic mass is 9.89. The summed E-state index contributed by atoms with van der Waals surface area (Å²) >= 11 is 0. The average molecular weight is 323 g/mol. The molecule has 1 aromatic rings. The van der Waals surface area contributed by atoms with Crippen LogP contribution in [0.5, 0.6) is 0 Å². The molecule has 1 aliphatic heterocycles. The maximum absolute atomic E-state index is 12.6. The van der Waals surface area contributed by atoms with E-state index in [1.54, 1.807) is 11.8 Å². The lowest BCUT2D eigenvalue weighted by molar-refractivity contribution is -0.149. The zero-order valence-electron chi connectivity index (χ0n) is 13.9. The second kappa shape index (κ2) is 7.40. The molecule has 3 atom stereocenters. The van der Waals surface area contributed by atoms with Crippen molar-refractivity contribution in [3.8, 4) is 0 Å². The SMILES string of the molecule is Cc1nnc([C@@H]2COCCN2C(=O)CO[C@@H]2CCC[C@@H](C)C2)o1. The van der Waals surface area contributed by atoms with Crippen LogP contribution in [0.2, 0.25) is 0 Å². The zero-order valence-corrected chi connectivity index (χ0v) is 13.9. The van der Waals surface area contributed by atoms with Crippen molar-refractivity contribution in [1.82, 2.24) is 15.1 Å². The molecular formula is C16H25N3O4. The Bertz CT molecular complexity index is 533. The number of hydrogen-bond acceptors (Lipinski definition) is 6. The minimum atomic E-state index is -0.314. The van der Waals surface area contributed by atoms with Crippen LogP contribution in [0, 0.1) is 12.8 Å². The van der Waals surface area contributed by atoms with Gasteiger partial charge in [-0.25, -0.2) is 0 Å². The maximum atomic E-state index is 12.6. The predicted octanol–water partition coefficient (Wildman–Crippen LogP) is 1.87. The van der Waals surface area contributed by atoms with Crippen LogP contribution in [-0.2, 0) is 14.3 Å². The van der Waals surface area contributed by atoms with Crippen LogP contribution in [0.25, 0.3) is 0 Å². The van der Waals surface area contributed by atoms with Gasteiger partial charge in [0.2, 0.25) is 17.7 Å². The summed E-state index contributed by atoms with van der Waals surface area (Å²) in [6.07, 6.45) is 4.74. The lowest BCUT2D eigenvalue weighted by Gasteiger charge is -2.34. The van der Waals surface area contributed by atoms with Crippen molar-refractivity contribution in [2.45, 2.75) is 51.7 Å². The van der Waals surface area contributed by atoms with Gasteiger partial charge in [0.15, 0.2) is 0 Å². The summed E-state index contributed by atoms with van der Waals surface area (Å²) in [7, 11) is 0. The molecule has 0 bridgehead atoms. The first-order valence-electron chi connectivity index (χ1n) is 8.42. The van der Waals surface area contributed by atoms with E-state index in [0.29, 0.717) is 37.5 Å². The first kappa shape index (κ1) is 16.4. The third kappa shape index (κ3) is 4.09. The summed E-state index contributed by atoms with van der Waals surface area (Å²) in [6.45, 7) is 5.52. The van der Waals surface area contributed by atoms with Gasteiger partial charge < -0.3 is 18.8 Å². The van der Waals surface area contributed by atoms with Crippen molar-refractivity contribution in [3.63, 3.8) is 0 Å². The van der Waals surface area contributed by atoms with Crippen LogP contribution in [-0.4, -0.2) is 53.5 Å². The summed E-state index contributed by atoms with van der Waals surface area (Å²) in [5, 5.41) is 7.87. The summed E-state index contributed by atoms with van der Waals surface area (Å²) in [4.78, 5) is 14.3. The molecule has 3 rings (SSSR count). The first-order chi connectivity index (χ1) is 11.1. The highest BCUT2D eigenvalue weighted by atomic mass is 16.5. The van der Waals surface area contributed by atoms with Crippen molar-refractivity contribution in [3.05, 3.63) is 11.8 Å². The summed E-state index contributed by atoms with van der Waals surface area (Å²) in [6, 6.07) is -0.314. The molecule has 1 saturated carbocycles. The van der Waals surface area contributed by atoms with Gasteiger partial charge in [-0.2, -0.15) is 0 Å². The largest absolute Gasteiger partial charge is 0.423 e. The molecule has 1 aliphatic carbocycles. The number of carbonyl (C=O) groups excluding carboxylic acids is 1. The van der Waals surface area contributed by atoms with E-state index in [-0.39, 0.29) is 24.7 Å². The summed E-state index contributed by atoms with van der Waals surface area (Å²) < 4.78 is 16.8. The fourth-order valence-corrected chi connectivity index (χ4v) is 3.36. The molecule has 7 heteroatoms. The van der Waals surface area contributed by atoms with E-state index < -0.39 is 0 Å². The molecule has 2 heterocycles. The fraction of sp³-hybridized carbons (Fsp3) is 0.812. The number of carbonyl (C=O) groups is 1. The van der Waals surface area contributed by atoms with E-state index in [9.17, 15) is 4.79 Å². The first-order valence-corrected chi connectivity index (χ1v) is 8.42. The molecule has 0 aromatic carbocycles. The number of amides is 1. The van der Waals surface area contributed by atoms with Crippen LogP contribution in [0.15, 0.2) is 4.42 Å². The predicted molar refractivity (Wildman–Crippen MR) is 81.7 cm³/mol. The Morgan fingerprint density at radius 2 is 2.26 bits per heavy atom. The smallest absolute Gasteiger partial charge is 0.249 e. The van der Waals surface area contributed by atoms with Gasteiger partial charge in [0, 0.05) is 13.5 Å². The van der Waals surface area contributed by atoms with Gasteiger partial charge in [-0.15, -0.1) is 10.2 Å². The van der Waals surface area contributed by atoms with Crippen molar-refractivity contribution in [2.75, 3.05) is 26.4 Å². The highest BCUT2D eigenvalue weighted by Crippen LogP contribution is 2.27. The normalized spacial score (nSPS) is 28.8. The van der Waals surface area contributed by atoms with Gasteiger partial charge >= 0.3 is 0 Å². The number of hydrogen-bond donors (Lipinski definition) is 0. The quantitative estimate of drug-likeness (QED) is 0.842. The Balaban J connectivity index is 1.58. The highest BCUT2D eigenvalue weighted by molar-refractivity contribution is 5.78. The molecule has 128 valence electrons. The molecule has 2 fully saturated rings. The monoisotopic (exact) mass is 323 g/mol. The Morgan fingerprint density at radius 1 is 1.39 bits per heavy atom. The zero-order chi connectivity index (χ0) is 16.2. The van der Waals surface area contributed by atoms with Crippen LogP contribution in [0.3, 0.4) is 0 Å². The van der Waals surface area contributed by atoms with Gasteiger partial charge in [0.25, 0.3) is 0 Å². The van der Waals surface area contributed by atoms with Gasteiger partial charge in [-0.05, 0) is 18.8 Å². The Kier molecular flexibility index (Phi) is 5.27. The molecule has 0 radical (unpaired) electrons. The Morgan fingerprint density at radius 3 is 3.00 bits per heavy atom. The van der Waals surface area contributed by atoms with Gasteiger partial charge in [-0.1, -0.05) is 19.8 Å². The molecule has 2 aliphatic rings. The van der Waals surface area contributed by atoms with E-state index in [1.165, 1.54) is 12.8 Å². The Labute approximate surface area is 136 Å². The second-order valence-corrected chi connectivity index (χ2v) is 6.54. The van der Waals surface area contributed by atoms with E-state index in [4.69, 9.17) is 13.9 Å².